The van der Waals surface area contributed by atoms with Gasteiger partial charge in [0.25, 0.3) is 11.8 Å². The minimum atomic E-state index is -0.504. The summed E-state index contributed by atoms with van der Waals surface area (Å²) in [7, 11) is 0. The van der Waals surface area contributed by atoms with Gasteiger partial charge >= 0.3 is 0 Å². The molecule has 0 radical (unpaired) electrons. The van der Waals surface area contributed by atoms with Gasteiger partial charge in [-0.15, -0.1) is 0 Å². The number of hydrogen-bond donors (Lipinski definition) is 0. The number of thiocarbonyl (C=S) groups is 1. The van der Waals surface area contributed by atoms with Crippen LogP contribution in [0.2, 0.25) is 5.02 Å². The molecule has 1 heterocycles. The predicted molar refractivity (Wildman–Crippen MR) is 102 cm³/mol. The van der Waals surface area contributed by atoms with Crippen LogP contribution in [0.1, 0.15) is 21.5 Å². The van der Waals surface area contributed by atoms with Gasteiger partial charge in [-0.3, -0.25) is 9.59 Å². The van der Waals surface area contributed by atoms with Gasteiger partial charge in [0.15, 0.2) is 4.32 Å². The van der Waals surface area contributed by atoms with Gasteiger partial charge < -0.3 is 0 Å². The van der Waals surface area contributed by atoms with Crippen LogP contribution in [0.25, 0.3) is 6.08 Å². The van der Waals surface area contributed by atoms with Gasteiger partial charge in [-0.2, -0.15) is 0 Å². The van der Waals surface area contributed by atoms with Crippen LogP contribution in [0.15, 0.2) is 53.4 Å². The minimum Gasteiger partial charge on any atom is -0.268 e. The Morgan fingerprint density at radius 1 is 1.17 bits per heavy atom. The van der Waals surface area contributed by atoms with Crippen LogP contribution in [-0.2, 0) is 4.79 Å². The second kappa shape index (κ2) is 6.89. The Hall–Kier alpha value is -1.95. The highest BCUT2D eigenvalue weighted by molar-refractivity contribution is 8.26. The Balaban J connectivity index is 1.91. The van der Waals surface area contributed by atoms with Gasteiger partial charge in [0.05, 0.1) is 15.5 Å². The van der Waals surface area contributed by atoms with E-state index in [1.807, 2.05) is 31.2 Å². The molecule has 1 aliphatic heterocycles. The quantitative estimate of drug-likeness (QED) is 0.435. The lowest BCUT2D eigenvalue weighted by atomic mass is 10.1. The van der Waals surface area contributed by atoms with Gasteiger partial charge in [0.1, 0.15) is 0 Å². The van der Waals surface area contributed by atoms with Crippen LogP contribution >= 0.6 is 35.6 Å². The lowest BCUT2D eigenvalue weighted by Crippen LogP contribution is -2.34. The van der Waals surface area contributed by atoms with Crippen molar-refractivity contribution in [1.82, 2.24) is 4.90 Å². The number of hydrogen-bond acceptors (Lipinski definition) is 4. The van der Waals surface area contributed by atoms with Crippen LogP contribution in [0.5, 0.6) is 0 Å². The largest absolute Gasteiger partial charge is 0.273 e. The summed E-state index contributed by atoms with van der Waals surface area (Å²) >= 11 is 12.4. The van der Waals surface area contributed by atoms with Gasteiger partial charge in [-0.25, -0.2) is 4.90 Å². The third-order valence-corrected chi connectivity index (χ3v) is 5.11. The topological polar surface area (TPSA) is 37.4 Å². The number of benzene rings is 2. The number of amides is 2. The van der Waals surface area contributed by atoms with Crippen LogP contribution in [-0.4, -0.2) is 21.0 Å². The van der Waals surface area contributed by atoms with Crippen molar-refractivity contribution in [3.8, 4) is 0 Å². The van der Waals surface area contributed by atoms with Crippen LogP contribution in [0.3, 0.4) is 0 Å². The highest BCUT2D eigenvalue weighted by atomic mass is 35.5. The van der Waals surface area contributed by atoms with Gasteiger partial charge in [0, 0.05) is 0 Å². The number of carbonyl (C=O) groups excluding carboxylic acids is 2. The molecule has 1 aliphatic rings. The molecule has 2 amide bonds. The maximum absolute atomic E-state index is 12.6. The van der Waals surface area contributed by atoms with Crippen molar-refractivity contribution in [3.05, 3.63) is 75.1 Å². The number of carbonyl (C=O) groups is 2. The molecule has 3 rings (SSSR count). The fourth-order valence-electron chi connectivity index (χ4n) is 2.21. The number of aryl methyl sites for hydroxylation is 1. The van der Waals surface area contributed by atoms with Crippen molar-refractivity contribution in [2.75, 3.05) is 0 Å². The molecule has 24 heavy (non-hydrogen) atoms. The number of nitrogens with zero attached hydrogens (tertiary/aromatic N) is 1. The molecule has 6 heteroatoms. The highest BCUT2D eigenvalue weighted by Crippen LogP contribution is 2.34. The average molecular weight is 374 g/mol. The third-order valence-electron chi connectivity index (χ3n) is 3.48. The van der Waals surface area contributed by atoms with Crippen molar-refractivity contribution in [2.24, 2.45) is 0 Å². The molecule has 0 aromatic heterocycles. The predicted octanol–water partition coefficient (Wildman–Crippen LogP) is 4.69. The standard InChI is InChI=1S/C18H12ClNO2S2/c1-11-6-8-12(9-7-11)10-15-17(22)20(18(23)24-15)16(21)13-4-2-3-5-14(13)19/h2-10H,1H3/b15-10-. The fourth-order valence-corrected chi connectivity index (χ4v) is 3.68. The first kappa shape index (κ1) is 16.9. The van der Waals surface area contributed by atoms with E-state index in [-0.39, 0.29) is 9.88 Å². The summed E-state index contributed by atoms with van der Waals surface area (Å²) in [5.41, 5.74) is 2.27. The number of rotatable bonds is 2. The van der Waals surface area contributed by atoms with Crippen molar-refractivity contribution >= 4 is 57.8 Å². The second-order valence-corrected chi connectivity index (χ2v) is 7.30. The number of imide groups is 1. The van der Waals surface area contributed by atoms with Crippen LogP contribution in [0, 0.1) is 6.92 Å². The molecule has 2 aromatic rings. The zero-order chi connectivity index (χ0) is 17.3. The molecule has 0 bridgehead atoms. The number of halogens is 1. The SMILES string of the molecule is Cc1ccc(/C=C2\SC(=S)N(C(=O)c3ccccc3Cl)C2=O)cc1. The Bertz CT molecular complexity index is 875. The summed E-state index contributed by atoms with van der Waals surface area (Å²) in [6, 6.07) is 14.3. The summed E-state index contributed by atoms with van der Waals surface area (Å²) in [5, 5.41) is 0.291. The molecular weight excluding hydrogens is 362 g/mol. The fraction of sp³-hybridized carbons (Fsp3) is 0.0556. The molecule has 0 saturated carbocycles. The van der Waals surface area contributed by atoms with Crippen molar-refractivity contribution < 1.29 is 9.59 Å². The maximum Gasteiger partial charge on any atom is 0.273 e. The normalized spacial score (nSPS) is 16.1. The molecule has 0 N–H and O–H groups in total. The zero-order valence-electron chi connectivity index (χ0n) is 12.7. The van der Waals surface area contributed by atoms with Gasteiger partial charge in [-0.1, -0.05) is 77.5 Å². The molecule has 120 valence electrons. The summed E-state index contributed by atoms with van der Waals surface area (Å²) in [6.45, 7) is 1.99. The third kappa shape index (κ3) is 3.29. The van der Waals surface area contributed by atoms with Gasteiger partial charge in [-0.05, 0) is 30.7 Å². The first-order valence-electron chi connectivity index (χ1n) is 7.11. The van der Waals surface area contributed by atoms with E-state index in [1.54, 1.807) is 30.3 Å². The van der Waals surface area contributed by atoms with Crippen molar-refractivity contribution in [1.29, 1.82) is 0 Å². The van der Waals surface area contributed by atoms with E-state index in [2.05, 4.69) is 0 Å². The van der Waals surface area contributed by atoms with Gasteiger partial charge in [0.2, 0.25) is 0 Å². The molecule has 0 aliphatic carbocycles. The van der Waals surface area contributed by atoms with E-state index in [0.717, 1.165) is 27.8 Å². The summed E-state index contributed by atoms with van der Waals surface area (Å²) in [5.74, 6) is -0.925. The molecule has 2 aromatic carbocycles. The van der Waals surface area contributed by atoms with Crippen molar-refractivity contribution in [2.45, 2.75) is 6.92 Å². The molecule has 1 fully saturated rings. The molecule has 1 saturated heterocycles. The second-order valence-electron chi connectivity index (χ2n) is 5.21. The van der Waals surface area contributed by atoms with Crippen molar-refractivity contribution in [3.63, 3.8) is 0 Å². The summed E-state index contributed by atoms with van der Waals surface area (Å²) in [4.78, 5) is 26.6. The van der Waals surface area contributed by atoms with E-state index in [0.29, 0.717) is 9.93 Å². The monoisotopic (exact) mass is 373 g/mol. The molecule has 0 spiro atoms. The zero-order valence-corrected chi connectivity index (χ0v) is 15.0. The Labute approximate surface area is 154 Å². The Morgan fingerprint density at radius 3 is 2.50 bits per heavy atom. The first-order chi connectivity index (χ1) is 11.5. The first-order valence-corrected chi connectivity index (χ1v) is 8.71. The van der Waals surface area contributed by atoms with Crippen LogP contribution in [0.4, 0.5) is 0 Å². The lowest BCUT2D eigenvalue weighted by molar-refractivity contribution is -0.120. The lowest BCUT2D eigenvalue weighted by Gasteiger charge is -2.13. The van der Waals surface area contributed by atoms with E-state index >= 15 is 0 Å². The number of thioether (sulfide) groups is 1. The smallest absolute Gasteiger partial charge is 0.268 e. The van der Waals surface area contributed by atoms with E-state index in [1.165, 1.54) is 0 Å². The summed E-state index contributed by atoms with van der Waals surface area (Å²) in [6.07, 6.45) is 1.73. The average Bonchev–Trinajstić information content (AvgIpc) is 2.83. The Kier molecular flexibility index (Phi) is 4.85. The van der Waals surface area contributed by atoms with E-state index in [9.17, 15) is 9.59 Å². The highest BCUT2D eigenvalue weighted by Gasteiger charge is 2.37. The molecule has 0 atom stereocenters. The molecule has 0 unspecified atom stereocenters. The molecular formula is C18H12ClNO2S2. The van der Waals surface area contributed by atoms with Crippen LogP contribution < -0.4 is 0 Å². The van der Waals surface area contributed by atoms with E-state index < -0.39 is 11.8 Å². The maximum atomic E-state index is 12.6. The molecule has 3 nitrogen and oxygen atoms in total. The summed E-state index contributed by atoms with van der Waals surface area (Å²) < 4.78 is 0.211. The Morgan fingerprint density at radius 2 is 1.83 bits per heavy atom. The minimum absolute atomic E-state index is 0.211. The van der Waals surface area contributed by atoms with E-state index in [4.69, 9.17) is 23.8 Å².